The van der Waals surface area contributed by atoms with Crippen molar-refractivity contribution in [3.63, 3.8) is 0 Å². The van der Waals surface area contributed by atoms with Crippen LogP contribution in [-0.2, 0) is 7.05 Å². The zero-order chi connectivity index (χ0) is 27.2. The van der Waals surface area contributed by atoms with Gasteiger partial charge >= 0.3 is 0 Å². The van der Waals surface area contributed by atoms with Crippen LogP contribution >= 0.6 is 0 Å². The smallest absolute Gasteiger partial charge is 0.259 e. The van der Waals surface area contributed by atoms with Gasteiger partial charge in [0, 0.05) is 7.05 Å². The third kappa shape index (κ3) is 12.3. The van der Waals surface area contributed by atoms with Crippen molar-refractivity contribution in [3.8, 4) is 0 Å². The molecule has 0 bridgehead atoms. The quantitative estimate of drug-likeness (QED) is 0.206. The number of nitrogens with zero attached hydrogens (tertiary/aromatic N) is 2. The maximum Gasteiger partial charge on any atom is 0.259 e. The van der Waals surface area contributed by atoms with Gasteiger partial charge in [0.25, 0.3) is 5.91 Å². The Balaban J connectivity index is 0. The van der Waals surface area contributed by atoms with Crippen LogP contribution in [0.1, 0.15) is 96.1 Å². The summed E-state index contributed by atoms with van der Waals surface area (Å²) >= 11 is 0. The number of aryl methyl sites for hydroxylation is 1. The van der Waals surface area contributed by atoms with Crippen LogP contribution in [0.5, 0.6) is 0 Å². The van der Waals surface area contributed by atoms with E-state index in [-0.39, 0.29) is 11.7 Å². The van der Waals surface area contributed by atoms with Crippen LogP contribution in [-0.4, -0.2) is 20.8 Å². The van der Waals surface area contributed by atoms with Crippen LogP contribution < -0.4 is 5.32 Å². The molecule has 0 fully saturated rings. The second-order valence-electron chi connectivity index (χ2n) is 7.45. The molecule has 1 amide bonds. The lowest BCUT2D eigenvalue weighted by molar-refractivity contribution is 0.0965. The van der Waals surface area contributed by atoms with Crippen LogP contribution in [0.25, 0.3) is 6.08 Å². The molecule has 0 atom stereocenters. The van der Waals surface area contributed by atoms with Gasteiger partial charge in [0.2, 0.25) is 0 Å². The first-order valence-electron chi connectivity index (χ1n) is 12.9. The highest BCUT2D eigenvalue weighted by atomic mass is 16.3. The van der Waals surface area contributed by atoms with Crippen LogP contribution in [0.15, 0.2) is 73.3 Å². The molecule has 0 aliphatic rings. The summed E-state index contributed by atoms with van der Waals surface area (Å²) in [5.74, 6) is -0.130. The summed E-state index contributed by atoms with van der Waals surface area (Å²) in [6.07, 6.45) is 18.2. The fourth-order valence-corrected chi connectivity index (χ4v) is 3.34. The van der Waals surface area contributed by atoms with Crippen molar-refractivity contribution in [2.24, 2.45) is 13.0 Å². The van der Waals surface area contributed by atoms with Crippen molar-refractivity contribution in [3.05, 3.63) is 84.6 Å². The largest absolute Gasteiger partial charge is 0.506 e. The molecule has 0 unspecified atom stereocenters. The minimum atomic E-state index is -0.362. The third-order valence-electron chi connectivity index (χ3n) is 5.17. The number of aliphatic hydroxyl groups is 1. The van der Waals surface area contributed by atoms with Crippen molar-refractivity contribution >= 4 is 12.0 Å². The number of hydrogen-bond donors (Lipinski definition) is 2. The normalized spacial score (nSPS) is 11.6. The molecule has 0 aliphatic heterocycles. The maximum absolute atomic E-state index is 13.0. The first-order chi connectivity index (χ1) is 16.9. The van der Waals surface area contributed by atoms with E-state index >= 15 is 0 Å². The van der Waals surface area contributed by atoms with E-state index in [0.717, 1.165) is 44.1 Å². The number of aromatic nitrogens is 2. The van der Waals surface area contributed by atoms with E-state index in [2.05, 4.69) is 44.0 Å². The predicted octanol–water partition coefficient (Wildman–Crippen LogP) is 8.47. The summed E-state index contributed by atoms with van der Waals surface area (Å²) < 4.78 is 1.61. The molecule has 5 nitrogen and oxygen atoms in total. The molecule has 0 saturated carbocycles. The van der Waals surface area contributed by atoms with E-state index < -0.39 is 0 Å². The summed E-state index contributed by atoms with van der Waals surface area (Å²) in [5.41, 5.74) is 2.35. The van der Waals surface area contributed by atoms with E-state index in [1.807, 2.05) is 39.8 Å². The molecule has 0 spiro atoms. The summed E-state index contributed by atoms with van der Waals surface area (Å²) in [5, 5.41) is 17.4. The van der Waals surface area contributed by atoms with E-state index in [9.17, 15) is 9.90 Å². The lowest BCUT2D eigenvalue weighted by atomic mass is 9.88. The molecule has 196 valence electrons. The number of allylic oxidation sites excluding steroid dienone is 6. The van der Waals surface area contributed by atoms with Gasteiger partial charge in [0.15, 0.2) is 0 Å². The minimum absolute atomic E-state index is 0.0930. The molecule has 1 heterocycles. The standard InChI is InChI=1S/C26H37N3O2.2C2H6/c1-7-12-15-21(16-13-8-2)20(10-4)18-23(25(30)11-5)28-26(31)22-19-27-29(6)24(22)17-14-9-3;2*1-2/h9-11,14,17-19,21,30H,3-5,7-8,12-13,15-16H2,1-2,6H3,(H,28,31);2*1-2H3/b17-14-,20-18+,25-23-;;. The van der Waals surface area contributed by atoms with Crippen LogP contribution in [0.3, 0.4) is 0 Å². The Labute approximate surface area is 214 Å². The highest BCUT2D eigenvalue weighted by Crippen LogP contribution is 2.26. The molecule has 0 saturated heterocycles. The van der Waals surface area contributed by atoms with Crippen molar-refractivity contribution < 1.29 is 9.90 Å². The SMILES string of the molecule is C=C/C=C\c1c(C(=O)NC(/C=C(\C=C)C(CCCC)CCCC)=C(\O)C=C)cnn1C.CC.CC. The van der Waals surface area contributed by atoms with Crippen molar-refractivity contribution in [2.75, 3.05) is 0 Å². The fourth-order valence-electron chi connectivity index (χ4n) is 3.34. The van der Waals surface area contributed by atoms with Crippen LogP contribution in [0.4, 0.5) is 0 Å². The average Bonchev–Trinajstić information content (AvgIpc) is 3.27. The van der Waals surface area contributed by atoms with Crippen molar-refractivity contribution in [2.45, 2.75) is 80.1 Å². The van der Waals surface area contributed by atoms with Crippen LogP contribution in [0, 0.1) is 5.92 Å². The number of rotatable bonds is 14. The molecular formula is C30H49N3O2. The van der Waals surface area contributed by atoms with Gasteiger partial charge in [-0.25, -0.2) is 0 Å². The number of carbonyl (C=O) groups excluding carboxylic acids is 1. The Hall–Kier alpha value is -3.08. The van der Waals surface area contributed by atoms with Gasteiger partial charge in [-0.05, 0) is 42.6 Å². The number of carbonyl (C=O) groups is 1. The van der Waals surface area contributed by atoms with E-state index in [1.165, 1.54) is 12.3 Å². The Morgan fingerprint density at radius 1 is 1.09 bits per heavy atom. The zero-order valence-corrected chi connectivity index (χ0v) is 23.2. The average molecular weight is 484 g/mol. The van der Waals surface area contributed by atoms with Gasteiger partial charge in [-0.1, -0.05) is 105 Å². The van der Waals surface area contributed by atoms with Gasteiger partial charge in [0.05, 0.1) is 23.2 Å². The van der Waals surface area contributed by atoms with E-state index in [4.69, 9.17) is 0 Å². The van der Waals surface area contributed by atoms with Crippen molar-refractivity contribution in [1.82, 2.24) is 15.1 Å². The van der Waals surface area contributed by atoms with Gasteiger partial charge < -0.3 is 10.4 Å². The summed E-state index contributed by atoms with van der Waals surface area (Å²) in [6, 6.07) is 0. The first-order valence-corrected chi connectivity index (χ1v) is 12.9. The number of nitrogens with one attached hydrogen (secondary N) is 1. The fraction of sp³-hybridized carbons (Fsp3) is 0.467. The second kappa shape index (κ2) is 21.5. The summed E-state index contributed by atoms with van der Waals surface area (Å²) in [6.45, 7) is 23.6. The lowest BCUT2D eigenvalue weighted by Crippen LogP contribution is -2.24. The number of amides is 1. The molecule has 1 aromatic heterocycles. The summed E-state index contributed by atoms with van der Waals surface area (Å²) in [7, 11) is 1.76. The molecule has 35 heavy (non-hydrogen) atoms. The zero-order valence-electron chi connectivity index (χ0n) is 23.2. The number of unbranched alkanes of at least 4 members (excludes halogenated alkanes) is 2. The lowest BCUT2D eigenvalue weighted by Gasteiger charge is -2.19. The van der Waals surface area contributed by atoms with Gasteiger partial charge in [-0.3, -0.25) is 9.48 Å². The Bertz CT molecular complexity index is 849. The Kier molecular flexibility index (Phi) is 20.9. The summed E-state index contributed by atoms with van der Waals surface area (Å²) in [4.78, 5) is 13.0. The van der Waals surface area contributed by atoms with Gasteiger partial charge in [0.1, 0.15) is 5.76 Å². The van der Waals surface area contributed by atoms with E-state index in [0.29, 0.717) is 22.9 Å². The third-order valence-corrected chi connectivity index (χ3v) is 5.17. The number of hydrogen-bond acceptors (Lipinski definition) is 3. The second-order valence-corrected chi connectivity index (χ2v) is 7.45. The molecule has 0 aliphatic carbocycles. The first kappa shape index (κ1) is 34.1. The van der Waals surface area contributed by atoms with Gasteiger partial charge in [-0.2, -0.15) is 5.10 Å². The van der Waals surface area contributed by atoms with Crippen molar-refractivity contribution in [1.29, 1.82) is 0 Å². The number of aliphatic hydroxyl groups excluding tert-OH is 1. The Morgan fingerprint density at radius 3 is 2.11 bits per heavy atom. The molecule has 0 aromatic carbocycles. The predicted molar refractivity (Wildman–Crippen MR) is 153 cm³/mol. The van der Waals surface area contributed by atoms with Gasteiger partial charge in [-0.15, -0.1) is 0 Å². The molecular weight excluding hydrogens is 434 g/mol. The maximum atomic E-state index is 13.0. The molecule has 1 rings (SSSR count). The van der Waals surface area contributed by atoms with E-state index in [1.54, 1.807) is 30.0 Å². The molecule has 1 aromatic rings. The highest BCUT2D eigenvalue weighted by molar-refractivity contribution is 5.98. The minimum Gasteiger partial charge on any atom is -0.506 e. The Morgan fingerprint density at radius 2 is 1.66 bits per heavy atom. The molecule has 5 heteroatoms. The molecule has 2 N–H and O–H groups in total. The highest BCUT2D eigenvalue weighted by Gasteiger charge is 2.18. The monoisotopic (exact) mass is 483 g/mol. The van der Waals surface area contributed by atoms with Crippen LogP contribution in [0.2, 0.25) is 0 Å². The topological polar surface area (TPSA) is 67.2 Å². The molecule has 0 radical (unpaired) electrons.